The van der Waals surface area contributed by atoms with Crippen LogP contribution in [0.2, 0.25) is 0 Å². The quantitative estimate of drug-likeness (QED) is 0.193. The van der Waals surface area contributed by atoms with Gasteiger partial charge in [0.25, 0.3) is 0 Å². The average Bonchev–Trinajstić information content (AvgIpc) is 3.96. The van der Waals surface area contributed by atoms with Gasteiger partial charge in [-0.15, -0.1) is 0 Å². The molecule has 1 radical (unpaired) electrons. The van der Waals surface area contributed by atoms with Gasteiger partial charge in [-0.2, -0.15) is 10.5 Å². The standard InChI is InChI=1S/C21H20N4.C14H16BrN3.C7H5BNO2/c22-14-15-3-5-16(6-4-15)17-7-8-20-19(12-17)23-21-13-18-2-1-9-24(18)10-11-25(20)21;15-10-3-4-13-12(8-10)16-14-9-11-2-1-5-17(11)6-7-18(13)14;9-5-6-1-3-7(4-2-6)11-8-10/h3-8,12,18H,1-2,9-11,13H2;3-4,8,11H,1-2,5-7,9H2;1-4,10H/t18-;11-;/m00./s1. The zero-order valence-corrected chi connectivity index (χ0v) is 31.7. The van der Waals surface area contributed by atoms with Gasteiger partial charge in [-0.3, -0.25) is 9.80 Å². The lowest BCUT2D eigenvalue weighted by Gasteiger charge is -2.20. The van der Waals surface area contributed by atoms with Crippen LogP contribution in [-0.4, -0.2) is 79.9 Å². The maximum absolute atomic E-state index is 8.96. The lowest BCUT2D eigenvalue weighted by atomic mass is 10.0. The Bertz CT molecular complexity index is 2340. The smallest absolute Gasteiger partial charge is 0.537 e. The van der Waals surface area contributed by atoms with Crippen LogP contribution in [0.1, 0.15) is 48.5 Å². The van der Waals surface area contributed by atoms with E-state index in [-0.39, 0.29) is 0 Å². The van der Waals surface area contributed by atoms with Gasteiger partial charge < -0.3 is 18.8 Å². The molecule has 0 amide bonds. The zero-order chi connectivity index (χ0) is 37.0. The molecule has 4 aromatic carbocycles. The third kappa shape index (κ3) is 7.66. The molecule has 54 heavy (non-hydrogen) atoms. The highest BCUT2D eigenvalue weighted by Gasteiger charge is 2.30. The Morgan fingerprint density at radius 3 is 1.72 bits per heavy atom. The second-order valence-electron chi connectivity index (χ2n) is 14.3. The van der Waals surface area contributed by atoms with Crippen LogP contribution < -0.4 is 4.65 Å². The highest BCUT2D eigenvalue weighted by molar-refractivity contribution is 9.10. The third-order valence-corrected chi connectivity index (χ3v) is 11.7. The van der Waals surface area contributed by atoms with E-state index in [0.29, 0.717) is 30.6 Å². The van der Waals surface area contributed by atoms with Gasteiger partial charge in [0.05, 0.1) is 45.3 Å². The molecule has 4 aliphatic heterocycles. The Balaban J connectivity index is 0.000000125. The predicted octanol–water partition coefficient (Wildman–Crippen LogP) is 6.88. The number of aromatic nitrogens is 4. The van der Waals surface area contributed by atoms with E-state index in [1.807, 2.05) is 30.3 Å². The molecule has 0 aliphatic carbocycles. The lowest BCUT2D eigenvalue weighted by molar-refractivity contribution is 0.258. The first-order valence-electron chi connectivity index (χ1n) is 18.7. The molecule has 0 spiro atoms. The van der Waals surface area contributed by atoms with Crippen molar-refractivity contribution in [3.05, 3.63) is 112 Å². The van der Waals surface area contributed by atoms with Gasteiger partial charge in [0, 0.05) is 55.6 Å². The fourth-order valence-corrected chi connectivity index (χ4v) is 8.80. The Kier molecular flexibility index (Phi) is 10.8. The topological polar surface area (TPSA) is 119 Å². The molecule has 12 heteroatoms. The molecule has 0 unspecified atom stereocenters. The molecule has 2 aromatic heterocycles. The summed E-state index contributed by atoms with van der Waals surface area (Å²) in [6, 6.07) is 32.7. The minimum absolute atomic E-state index is 0.506. The van der Waals surface area contributed by atoms with Gasteiger partial charge in [-0.25, -0.2) is 9.97 Å². The summed E-state index contributed by atoms with van der Waals surface area (Å²) < 4.78 is 10.6. The van der Waals surface area contributed by atoms with E-state index in [2.05, 4.69) is 82.0 Å². The largest absolute Gasteiger partial charge is 0.569 e. The summed E-state index contributed by atoms with van der Waals surface area (Å²) in [6.45, 7) is 6.97. The molecule has 4 aliphatic rings. The van der Waals surface area contributed by atoms with Gasteiger partial charge in [-0.1, -0.05) is 34.1 Å². The number of nitriles is 2. The number of hydrogen-bond donors (Lipinski definition) is 1. The summed E-state index contributed by atoms with van der Waals surface area (Å²) in [5.41, 5.74) is 8.30. The van der Waals surface area contributed by atoms with Crippen LogP contribution in [0.25, 0.3) is 33.2 Å². The maximum atomic E-state index is 8.96. The van der Waals surface area contributed by atoms with Crippen LogP contribution in [-0.2, 0) is 25.9 Å². The lowest BCUT2D eigenvalue weighted by Crippen LogP contribution is -2.30. The van der Waals surface area contributed by atoms with Gasteiger partial charge in [0.15, 0.2) is 0 Å². The number of hydrogen-bond acceptors (Lipinski definition) is 8. The molecule has 2 fully saturated rings. The molecule has 271 valence electrons. The first-order valence-corrected chi connectivity index (χ1v) is 19.5. The van der Waals surface area contributed by atoms with E-state index >= 15 is 0 Å². The molecule has 2 saturated heterocycles. The second-order valence-corrected chi connectivity index (χ2v) is 15.2. The van der Waals surface area contributed by atoms with Crippen LogP contribution in [0.4, 0.5) is 0 Å². The highest BCUT2D eigenvalue weighted by Crippen LogP contribution is 2.30. The summed E-state index contributed by atoms with van der Waals surface area (Å²) in [6.07, 6.45) is 7.52. The normalized spacial score (nSPS) is 19.0. The van der Waals surface area contributed by atoms with Crippen molar-refractivity contribution in [2.75, 3.05) is 26.2 Å². The summed E-state index contributed by atoms with van der Waals surface area (Å²) in [4.78, 5) is 15.1. The first kappa shape index (κ1) is 36.0. The Labute approximate surface area is 324 Å². The van der Waals surface area contributed by atoms with Crippen molar-refractivity contribution in [2.24, 2.45) is 0 Å². The summed E-state index contributed by atoms with van der Waals surface area (Å²) in [7, 11) is 0.599. The average molecular weight is 781 g/mol. The van der Waals surface area contributed by atoms with Crippen LogP contribution in [0.5, 0.6) is 5.75 Å². The molecule has 6 aromatic rings. The van der Waals surface area contributed by atoms with Crippen molar-refractivity contribution in [3.8, 4) is 29.0 Å². The SMILES string of the molecule is Brc1ccc2c(c1)nc1n2CCN2CCC[C@H]2C1.N#Cc1ccc(-c2ccc3c(c2)nc2n3CCN3CCC[C@H]3C2)cc1.N#Cc1ccc(O[B]O)cc1. The number of imidazole rings is 2. The minimum atomic E-state index is 0.506. The molecular formula is C42H41BBrN8O2. The van der Waals surface area contributed by atoms with Crippen molar-refractivity contribution < 1.29 is 9.68 Å². The zero-order valence-electron chi connectivity index (χ0n) is 30.1. The molecule has 0 saturated carbocycles. The van der Waals surface area contributed by atoms with Crippen molar-refractivity contribution in [3.63, 3.8) is 0 Å². The Hall–Kier alpha value is -4.98. The van der Waals surface area contributed by atoms with Crippen LogP contribution in [0.15, 0.2) is 89.4 Å². The molecule has 2 atom stereocenters. The fourth-order valence-electron chi connectivity index (χ4n) is 8.45. The number of rotatable bonds is 3. The fraction of sp³-hybridized carbons (Fsp3) is 0.333. The maximum Gasteiger partial charge on any atom is 0.569 e. The number of halogens is 1. The molecule has 6 heterocycles. The molecule has 10 rings (SSSR count). The Morgan fingerprint density at radius 1 is 0.648 bits per heavy atom. The van der Waals surface area contributed by atoms with E-state index in [0.717, 1.165) is 65.2 Å². The number of nitrogens with zero attached hydrogens (tertiary/aromatic N) is 8. The molecule has 1 N–H and O–H groups in total. The van der Waals surface area contributed by atoms with E-state index < -0.39 is 0 Å². The van der Waals surface area contributed by atoms with E-state index in [1.165, 1.54) is 68.0 Å². The third-order valence-electron chi connectivity index (χ3n) is 11.2. The highest BCUT2D eigenvalue weighted by atomic mass is 79.9. The van der Waals surface area contributed by atoms with E-state index in [9.17, 15) is 0 Å². The van der Waals surface area contributed by atoms with Crippen LogP contribution in [0, 0.1) is 22.7 Å². The monoisotopic (exact) mass is 779 g/mol. The number of fused-ring (bicyclic) bond motifs is 8. The van der Waals surface area contributed by atoms with E-state index in [4.69, 9.17) is 25.5 Å². The molecule has 0 bridgehead atoms. The summed E-state index contributed by atoms with van der Waals surface area (Å²) in [5, 5.41) is 25.6. The van der Waals surface area contributed by atoms with Crippen LogP contribution >= 0.6 is 15.9 Å². The minimum Gasteiger partial charge on any atom is -0.537 e. The van der Waals surface area contributed by atoms with Crippen molar-refractivity contribution in [1.29, 1.82) is 10.5 Å². The van der Waals surface area contributed by atoms with Crippen LogP contribution in [0.3, 0.4) is 0 Å². The van der Waals surface area contributed by atoms with Gasteiger partial charge in [0.1, 0.15) is 17.4 Å². The Morgan fingerprint density at radius 2 is 1.17 bits per heavy atom. The first-order chi connectivity index (χ1) is 26.5. The van der Waals surface area contributed by atoms with Gasteiger partial charge in [0.2, 0.25) is 0 Å². The van der Waals surface area contributed by atoms with Gasteiger partial charge in [-0.05, 0) is 117 Å². The second kappa shape index (κ2) is 16.2. The molecular weight excluding hydrogens is 739 g/mol. The summed E-state index contributed by atoms with van der Waals surface area (Å²) in [5.74, 6) is 3.02. The van der Waals surface area contributed by atoms with Crippen molar-refractivity contribution in [1.82, 2.24) is 28.9 Å². The number of benzene rings is 4. The van der Waals surface area contributed by atoms with E-state index in [1.54, 1.807) is 24.3 Å². The molecule has 10 nitrogen and oxygen atoms in total. The van der Waals surface area contributed by atoms with Gasteiger partial charge >= 0.3 is 7.69 Å². The van der Waals surface area contributed by atoms with Crippen molar-refractivity contribution in [2.45, 2.75) is 63.7 Å². The predicted molar refractivity (Wildman–Crippen MR) is 214 cm³/mol. The summed E-state index contributed by atoms with van der Waals surface area (Å²) >= 11 is 3.53. The van der Waals surface area contributed by atoms with Crippen molar-refractivity contribution >= 4 is 45.7 Å².